The fourth-order valence-corrected chi connectivity index (χ4v) is 3.64. The van der Waals surface area contributed by atoms with Crippen molar-refractivity contribution in [3.63, 3.8) is 0 Å². The van der Waals surface area contributed by atoms with E-state index in [1.54, 1.807) is 6.07 Å². The van der Waals surface area contributed by atoms with Crippen LogP contribution >= 0.6 is 0 Å². The van der Waals surface area contributed by atoms with Crippen LogP contribution in [0.4, 0.5) is 5.69 Å². The zero-order valence-electron chi connectivity index (χ0n) is 12.8. The third kappa shape index (κ3) is 3.15. The van der Waals surface area contributed by atoms with Gasteiger partial charge in [-0.2, -0.15) is 0 Å². The highest BCUT2D eigenvalue weighted by Crippen LogP contribution is 2.33. The zero-order chi connectivity index (χ0) is 14.7. The van der Waals surface area contributed by atoms with Crippen LogP contribution < -0.4 is 5.32 Å². The number of rotatable bonds is 4. The second-order valence-electron chi connectivity index (χ2n) is 6.33. The van der Waals surface area contributed by atoms with Crippen molar-refractivity contribution in [2.24, 2.45) is 5.92 Å². The van der Waals surface area contributed by atoms with Gasteiger partial charge in [-0.25, -0.2) is 0 Å². The van der Waals surface area contributed by atoms with Gasteiger partial charge in [-0.05, 0) is 43.7 Å². The van der Waals surface area contributed by atoms with Crippen LogP contribution in [0.1, 0.15) is 45.4 Å². The quantitative estimate of drug-likeness (QED) is 0.796. The van der Waals surface area contributed by atoms with Gasteiger partial charge in [-0.1, -0.05) is 44.0 Å². The number of hydrogen-bond donors (Lipinski definition) is 2. The van der Waals surface area contributed by atoms with Crippen LogP contribution in [0.15, 0.2) is 36.4 Å². The molecule has 0 atom stereocenters. The Kier molecular flexibility index (Phi) is 4.33. The van der Waals surface area contributed by atoms with Crippen LogP contribution in [0, 0.1) is 5.92 Å². The average molecular weight is 283 g/mol. The molecule has 0 radical (unpaired) electrons. The van der Waals surface area contributed by atoms with Gasteiger partial charge in [-0.15, -0.1) is 0 Å². The summed E-state index contributed by atoms with van der Waals surface area (Å²) < 4.78 is 0. The highest BCUT2D eigenvalue weighted by molar-refractivity contribution is 5.97. The van der Waals surface area contributed by atoms with E-state index >= 15 is 0 Å². The van der Waals surface area contributed by atoms with Crippen LogP contribution in [0.25, 0.3) is 10.8 Å². The van der Waals surface area contributed by atoms with Gasteiger partial charge in [-0.3, -0.25) is 0 Å². The minimum atomic E-state index is 0.364. The summed E-state index contributed by atoms with van der Waals surface area (Å²) in [5.41, 5.74) is 1.15. The van der Waals surface area contributed by atoms with Crippen molar-refractivity contribution in [3.05, 3.63) is 36.4 Å². The molecule has 0 aliphatic heterocycles. The summed E-state index contributed by atoms with van der Waals surface area (Å²) in [5, 5.41) is 15.7. The molecule has 0 heterocycles. The molecular weight excluding hydrogens is 258 g/mol. The number of aromatic hydroxyl groups is 1. The summed E-state index contributed by atoms with van der Waals surface area (Å²) in [4.78, 5) is 0. The van der Waals surface area contributed by atoms with Gasteiger partial charge in [0.2, 0.25) is 0 Å². The van der Waals surface area contributed by atoms with Gasteiger partial charge in [0.05, 0.1) is 0 Å². The van der Waals surface area contributed by atoms with Gasteiger partial charge in [0.15, 0.2) is 0 Å². The molecule has 0 bridgehead atoms. The Labute approximate surface area is 127 Å². The van der Waals surface area contributed by atoms with Crippen LogP contribution in [-0.2, 0) is 0 Å². The molecule has 1 saturated carbocycles. The first kappa shape index (κ1) is 14.2. The van der Waals surface area contributed by atoms with Crippen molar-refractivity contribution in [1.82, 2.24) is 0 Å². The molecule has 21 heavy (non-hydrogen) atoms. The van der Waals surface area contributed by atoms with Gasteiger partial charge in [0, 0.05) is 22.5 Å². The summed E-state index contributed by atoms with van der Waals surface area (Å²) in [6.45, 7) is 2.28. The van der Waals surface area contributed by atoms with Crippen molar-refractivity contribution in [2.45, 2.75) is 51.5 Å². The lowest BCUT2D eigenvalue weighted by Crippen LogP contribution is -2.26. The standard InChI is InChI=1S/C19H25NO/c1-2-5-14-10-12-15(13-11-14)20-18-8-3-7-17-16(18)6-4-9-19(17)21/h3-4,6-9,14-15,20-21H,2,5,10-13H2,1H3. The number of benzene rings is 2. The lowest BCUT2D eigenvalue weighted by Gasteiger charge is -2.30. The molecule has 1 aliphatic rings. The number of phenolic OH excluding ortho intramolecular Hbond substituents is 1. The number of anilines is 1. The SMILES string of the molecule is CCCC1CCC(Nc2cccc3c(O)cccc23)CC1. The molecule has 2 nitrogen and oxygen atoms in total. The van der Waals surface area contributed by atoms with Gasteiger partial charge in [0.25, 0.3) is 0 Å². The van der Waals surface area contributed by atoms with E-state index in [-0.39, 0.29) is 0 Å². The molecular formula is C19H25NO. The predicted molar refractivity (Wildman–Crippen MR) is 89.9 cm³/mol. The minimum absolute atomic E-state index is 0.364. The summed E-state index contributed by atoms with van der Waals surface area (Å²) in [6, 6.07) is 12.5. The molecule has 2 N–H and O–H groups in total. The number of fused-ring (bicyclic) bond motifs is 1. The van der Waals surface area contributed by atoms with E-state index in [4.69, 9.17) is 0 Å². The van der Waals surface area contributed by atoms with Crippen LogP contribution in [0.5, 0.6) is 5.75 Å². The Balaban J connectivity index is 1.73. The van der Waals surface area contributed by atoms with E-state index in [9.17, 15) is 5.11 Å². The van der Waals surface area contributed by atoms with Crippen LogP contribution in [0.2, 0.25) is 0 Å². The topological polar surface area (TPSA) is 32.3 Å². The lowest BCUT2D eigenvalue weighted by molar-refractivity contribution is 0.319. The highest BCUT2D eigenvalue weighted by atomic mass is 16.3. The van der Waals surface area contributed by atoms with E-state index in [2.05, 4.69) is 24.4 Å². The smallest absolute Gasteiger partial charge is 0.123 e. The van der Waals surface area contributed by atoms with Crippen molar-refractivity contribution >= 4 is 16.5 Å². The fraction of sp³-hybridized carbons (Fsp3) is 0.474. The average Bonchev–Trinajstić information content (AvgIpc) is 2.51. The molecule has 0 spiro atoms. The first-order chi connectivity index (χ1) is 10.3. The largest absolute Gasteiger partial charge is 0.507 e. The molecule has 2 heteroatoms. The molecule has 1 aliphatic carbocycles. The Morgan fingerprint density at radius 3 is 2.48 bits per heavy atom. The molecule has 0 saturated heterocycles. The Bertz CT molecular complexity index is 600. The third-order valence-electron chi connectivity index (χ3n) is 4.80. The second-order valence-corrected chi connectivity index (χ2v) is 6.33. The van der Waals surface area contributed by atoms with Crippen molar-refractivity contribution in [2.75, 3.05) is 5.32 Å². The van der Waals surface area contributed by atoms with Gasteiger partial charge in [0.1, 0.15) is 5.75 Å². The summed E-state index contributed by atoms with van der Waals surface area (Å²) in [5.74, 6) is 1.30. The summed E-state index contributed by atoms with van der Waals surface area (Å²) in [6.07, 6.45) is 7.92. The third-order valence-corrected chi connectivity index (χ3v) is 4.80. The molecule has 2 aromatic carbocycles. The highest BCUT2D eigenvalue weighted by Gasteiger charge is 2.20. The molecule has 3 rings (SSSR count). The van der Waals surface area contributed by atoms with Gasteiger partial charge >= 0.3 is 0 Å². The molecule has 112 valence electrons. The van der Waals surface area contributed by atoms with E-state index in [0.717, 1.165) is 22.4 Å². The van der Waals surface area contributed by atoms with Gasteiger partial charge < -0.3 is 10.4 Å². The zero-order valence-corrected chi connectivity index (χ0v) is 12.8. The number of nitrogens with one attached hydrogen (secondary N) is 1. The maximum atomic E-state index is 9.97. The lowest BCUT2D eigenvalue weighted by atomic mass is 9.83. The van der Waals surface area contributed by atoms with Crippen molar-refractivity contribution < 1.29 is 5.11 Å². The Morgan fingerprint density at radius 2 is 1.71 bits per heavy atom. The number of hydrogen-bond acceptors (Lipinski definition) is 2. The molecule has 0 aromatic heterocycles. The van der Waals surface area contributed by atoms with E-state index in [1.807, 2.05) is 18.2 Å². The summed E-state index contributed by atoms with van der Waals surface area (Å²) in [7, 11) is 0. The maximum Gasteiger partial charge on any atom is 0.123 e. The fourth-order valence-electron chi connectivity index (χ4n) is 3.64. The Morgan fingerprint density at radius 1 is 1.00 bits per heavy atom. The molecule has 1 fully saturated rings. The van der Waals surface area contributed by atoms with E-state index < -0.39 is 0 Å². The normalized spacial score (nSPS) is 22.3. The first-order valence-electron chi connectivity index (χ1n) is 8.25. The van der Waals surface area contributed by atoms with Crippen LogP contribution in [-0.4, -0.2) is 11.1 Å². The van der Waals surface area contributed by atoms with Crippen molar-refractivity contribution in [1.29, 1.82) is 0 Å². The molecule has 2 aromatic rings. The molecule has 0 amide bonds. The predicted octanol–water partition coefficient (Wildman–Crippen LogP) is 5.32. The summed E-state index contributed by atoms with van der Waals surface area (Å²) >= 11 is 0. The minimum Gasteiger partial charge on any atom is -0.507 e. The van der Waals surface area contributed by atoms with E-state index in [1.165, 1.54) is 38.5 Å². The monoisotopic (exact) mass is 283 g/mol. The Hall–Kier alpha value is -1.70. The van der Waals surface area contributed by atoms with E-state index in [0.29, 0.717) is 11.8 Å². The molecule has 0 unspecified atom stereocenters. The van der Waals surface area contributed by atoms with Crippen molar-refractivity contribution in [3.8, 4) is 5.75 Å². The van der Waals surface area contributed by atoms with Crippen LogP contribution in [0.3, 0.4) is 0 Å². The second kappa shape index (κ2) is 6.38. The maximum absolute atomic E-state index is 9.97. The number of phenols is 1. The first-order valence-corrected chi connectivity index (χ1v) is 8.25.